The molecule has 0 spiro atoms. The minimum atomic E-state index is 0.169. The van der Waals surface area contributed by atoms with Crippen LogP contribution >= 0.6 is 11.8 Å². The van der Waals surface area contributed by atoms with Gasteiger partial charge in [-0.25, -0.2) is 0 Å². The lowest BCUT2D eigenvalue weighted by Crippen LogP contribution is -2.25. The minimum Gasteiger partial charge on any atom is -0.497 e. The zero-order valence-electron chi connectivity index (χ0n) is 16.0. The van der Waals surface area contributed by atoms with E-state index in [1.54, 1.807) is 18.9 Å². The monoisotopic (exact) mass is 397 g/mol. The number of thioether (sulfide) groups is 1. The second kappa shape index (κ2) is 8.77. The number of benzene rings is 2. The lowest BCUT2D eigenvalue weighted by molar-refractivity contribution is -0.130. The van der Waals surface area contributed by atoms with Crippen LogP contribution in [0.25, 0.3) is 17.1 Å². The molecule has 1 aliphatic heterocycles. The van der Waals surface area contributed by atoms with Crippen LogP contribution in [0.5, 0.6) is 5.75 Å². The van der Waals surface area contributed by atoms with Crippen molar-refractivity contribution in [1.29, 1.82) is 0 Å². The Bertz CT molecular complexity index is 921. The van der Waals surface area contributed by atoms with Gasteiger partial charge < -0.3 is 14.2 Å². The fourth-order valence-corrected chi connectivity index (χ4v) is 4.06. The minimum absolute atomic E-state index is 0.169. The first-order valence-electron chi connectivity index (χ1n) is 9.23. The Labute approximate surface area is 168 Å². The van der Waals surface area contributed by atoms with Crippen LogP contribution in [0.2, 0.25) is 0 Å². The van der Waals surface area contributed by atoms with Crippen LogP contribution in [0.3, 0.4) is 0 Å². The van der Waals surface area contributed by atoms with Gasteiger partial charge in [-0.15, -0.1) is 10.2 Å². The molecule has 28 heavy (non-hydrogen) atoms. The van der Waals surface area contributed by atoms with E-state index in [0.717, 1.165) is 46.8 Å². The summed E-state index contributed by atoms with van der Waals surface area (Å²) in [5.74, 6) is 2.39. The van der Waals surface area contributed by atoms with Crippen molar-refractivity contribution in [2.45, 2.75) is 24.6 Å². The van der Waals surface area contributed by atoms with Gasteiger partial charge in [0.25, 0.3) is 0 Å². The maximum atomic E-state index is 5.67. The maximum absolute atomic E-state index is 5.67. The number of hydrogen-bond acceptors (Lipinski definition) is 6. The molecule has 7 heteroatoms. The predicted octanol–water partition coefficient (Wildman–Crippen LogP) is 4.11. The van der Waals surface area contributed by atoms with E-state index in [2.05, 4.69) is 46.0 Å². The van der Waals surface area contributed by atoms with Crippen molar-refractivity contribution in [2.24, 2.45) is 0 Å². The zero-order valence-corrected chi connectivity index (χ0v) is 16.8. The molecule has 3 aromatic rings. The van der Waals surface area contributed by atoms with Crippen LogP contribution < -0.4 is 4.74 Å². The number of aryl methyl sites for hydroxylation is 1. The summed E-state index contributed by atoms with van der Waals surface area (Å²) in [7, 11) is 1.67. The van der Waals surface area contributed by atoms with E-state index < -0.39 is 0 Å². The van der Waals surface area contributed by atoms with Crippen molar-refractivity contribution in [3.05, 3.63) is 54.1 Å². The van der Waals surface area contributed by atoms with Gasteiger partial charge in [0, 0.05) is 17.0 Å². The summed E-state index contributed by atoms with van der Waals surface area (Å²) in [6.45, 7) is 3.19. The molecule has 0 amide bonds. The molecule has 0 saturated carbocycles. The molecule has 2 heterocycles. The predicted molar refractivity (Wildman–Crippen MR) is 109 cm³/mol. The third-order valence-electron chi connectivity index (χ3n) is 4.62. The summed E-state index contributed by atoms with van der Waals surface area (Å²) in [5.41, 5.74) is 3.20. The van der Waals surface area contributed by atoms with Gasteiger partial charge in [0.2, 0.25) is 0 Å². The van der Waals surface area contributed by atoms with Gasteiger partial charge in [0.1, 0.15) is 12.5 Å². The van der Waals surface area contributed by atoms with E-state index in [1.807, 2.05) is 24.3 Å². The first kappa shape index (κ1) is 19.0. The van der Waals surface area contributed by atoms with Crippen LogP contribution in [0.1, 0.15) is 12.0 Å². The first-order valence-corrected chi connectivity index (χ1v) is 10.2. The SMILES string of the molecule is COc1cccc(-c2nnc(SCC3CCOCO3)n2-c2ccc(C)cc2)c1. The molecule has 1 unspecified atom stereocenters. The highest BCUT2D eigenvalue weighted by molar-refractivity contribution is 7.99. The van der Waals surface area contributed by atoms with Crippen molar-refractivity contribution < 1.29 is 14.2 Å². The van der Waals surface area contributed by atoms with Gasteiger partial charge >= 0.3 is 0 Å². The molecule has 0 aliphatic carbocycles. The van der Waals surface area contributed by atoms with Gasteiger partial charge in [0.15, 0.2) is 11.0 Å². The van der Waals surface area contributed by atoms with Crippen LogP contribution in [-0.4, -0.2) is 47.1 Å². The summed E-state index contributed by atoms with van der Waals surface area (Å²) in [5, 5.41) is 9.82. The molecule has 1 atom stereocenters. The number of methoxy groups -OCH3 is 1. The van der Waals surface area contributed by atoms with E-state index in [4.69, 9.17) is 14.2 Å². The Balaban J connectivity index is 1.69. The molecule has 1 saturated heterocycles. The van der Waals surface area contributed by atoms with Crippen molar-refractivity contribution in [3.63, 3.8) is 0 Å². The summed E-state index contributed by atoms with van der Waals surface area (Å²) in [4.78, 5) is 0. The van der Waals surface area contributed by atoms with Gasteiger partial charge in [-0.1, -0.05) is 41.6 Å². The van der Waals surface area contributed by atoms with Crippen molar-refractivity contribution >= 4 is 11.8 Å². The zero-order chi connectivity index (χ0) is 19.3. The Kier molecular flexibility index (Phi) is 5.95. The third-order valence-corrected chi connectivity index (χ3v) is 5.68. The lowest BCUT2D eigenvalue weighted by Gasteiger charge is -2.22. The normalized spacial score (nSPS) is 16.9. The largest absolute Gasteiger partial charge is 0.497 e. The number of ether oxygens (including phenoxy) is 3. The van der Waals surface area contributed by atoms with Crippen LogP contribution in [-0.2, 0) is 9.47 Å². The van der Waals surface area contributed by atoms with Gasteiger partial charge in [-0.2, -0.15) is 0 Å². The number of nitrogens with zero attached hydrogens (tertiary/aromatic N) is 3. The summed E-state index contributed by atoms with van der Waals surface area (Å²) in [6.07, 6.45) is 1.07. The molecule has 0 bridgehead atoms. The highest BCUT2D eigenvalue weighted by atomic mass is 32.2. The topological polar surface area (TPSA) is 58.4 Å². The standard InChI is InChI=1S/C21H23N3O3S/c1-15-6-8-17(9-7-15)24-20(16-4-3-5-18(12-16)25-2)22-23-21(24)28-13-19-10-11-26-14-27-19/h3-9,12,19H,10-11,13-14H2,1-2H3. The van der Waals surface area contributed by atoms with Crippen molar-refractivity contribution in [2.75, 3.05) is 26.3 Å². The Hall–Kier alpha value is -2.35. The molecule has 1 fully saturated rings. The fourth-order valence-electron chi connectivity index (χ4n) is 3.04. The average Bonchev–Trinajstić information content (AvgIpc) is 3.17. The third kappa shape index (κ3) is 4.22. The second-order valence-corrected chi connectivity index (χ2v) is 7.61. The number of rotatable bonds is 6. The molecule has 4 rings (SSSR count). The van der Waals surface area contributed by atoms with Gasteiger partial charge in [-0.05, 0) is 37.6 Å². The molecular formula is C21H23N3O3S. The number of aromatic nitrogens is 3. The van der Waals surface area contributed by atoms with Crippen LogP contribution in [0.4, 0.5) is 0 Å². The van der Waals surface area contributed by atoms with E-state index in [0.29, 0.717) is 6.79 Å². The highest BCUT2D eigenvalue weighted by Crippen LogP contribution is 2.30. The van der Waals surface area contributed by atoms with Crippen molar-refractivity contribution in [1.82, 2.24) is 14.8 Å². The van der Waals surface area contributed by atoms with Gasteiger partial charge in [0.05, 0.1) is 19.8 Å². The maximum Gasteiger partial charge on any atom is 0.196 e. The van der Waals surface area contributed by atoms with Crippen molar-refractivity contribution in [3.8, 4) is 22.8 Å². The second-order valence-electron chi connectivity index (χ2n) is 6.62. The Morgan fingerprint density at radius 2 is 2.04 bits per heavy atom. The number of hydrogen-bond donors (Lipinski definition) is 0. The average molecular weight is 398 g/mol. The molecule has 1 aromatic heterocycles. The molecule has 2 aromatic carbocycles. The summed E-state index contributed by atoms with van der Waals surface area (Å²) in [6, 6.07) is 16.3. The van der Waals surface area contributed by atoms with E-state index >= 15 is 0 Å². The molecule has 146 valence electrons. The Morgan fingerprint density at radius 1 is 1.18 bits per heavy atom. The molecule has 0 radical (unpaired) electrons. The Morgan fingerprint density at radius 3 is 2.79 bits per heavy atom. The quantitative estimate of drug-likeness (QED) is 0.584. The fraction of sp³-hybridized carbons (Fsp3) is 0.333. The molecular weight excluding hydrogens is 374 g/mol. The summed E-state index contributed by atoms with van der Waals surface area (Å²) < 4.78 is 18.4. The van der Waals surface area contributed by atoms with Crippen LogP contribution in [0.15, 0.2) is 53.7 Å². The first-order chi connectivity index (χ1) is 13.7. The smallest absolute Gasteiger partial charge is 0.196 e. The summed E-state index contributed by atoms with van der Waals surface area (Å²) >= 11 is 1.66. The molecule has 0 N–H and O–H groups in total. The molecule has 6 nitrogen and oxygen atoms in total. The molecule has 1 aliphatic rings. The van der Waals surface area contributed by atoms with Crippen LogP contribution in [0, 0.1) is 6.92 Å². The van der Waals surface area contributed by atoms with Gasteiger partial charge in [-0.3, -0.25) is 4.57 Å². The highest BCUT2D eigenvalue weighted by Gasteiger charge is 2.20. The lowest BCUT2D eigenvalue weighted by atomic mass is 10.2. The van der Waals surface area contributed by atoms with E-state index in [9.17, 15) is 0 Å². The van der Waals surface area contributed by atoms with E-state index in [-0.39, 0.29) is 6.10 Å². The van der Waals surface area contributed by atoms with E-state index in [1.165, 1.54) is 5.56 Å².